The Morgan fingerprint density at radius 3 is 2.88 bits per heavy atom. The van der Waals surface area contributed by atoms with Crippen LogP contribution < -0.4 is 0 Å². The van der Waals surface area contributed by atoms with Crippen LogP contribution in [-0.4, -0.2) is 5.11 Å². The van der Waals surface area contributed by atoms with Crippen LogP contribution in [-0.2, 0) is 6.42 Å². The molecule has 0 aliphatic carbocycles. The summed E-state index contributed by atoms with van der Waals surface area (Å²) in [4.78, 5) is 0. The minimum atomic E-state index is -0.484. The lowest BCUT2D eigenvalue weighted by atomic mass is 10.0. The Balaban J connectivity index is 2.04. The Kier molecular flexibility index (Phi) is 4.21. The fourth-order valence-corrected chi connectivity index (χ4v) is 2.78. The number of thiophene rings is 1. The van der Waals surface area contributed by atoms with Crippen molar-refractivity contribution in [3.8, 4) is 0 Å². The Bertz CT molecular complexity index is 479. The van der Waals surface area contributed by atoms with Crippen LogP contribution in [0.1, 0.15) is 29.2 Å². The van der Waals surface area contributed by atoms with E-state index in [1.165, 1.54) is 5.56 Å². The van der Waals surface area contributed by atoms with Gasteiger partial charge in [-0.2, -0.15) is 11.3 Å². The third-order valence-corrected chi connectivity index (χ3v) is 4.12. The molecule has 0 aliphatic rings. The molecule has 1 aromatic heterocycles. The van der Waals surface area contributed by atoms with E-state index in [0.29, 0.717) is 11.4 Å². The SMILES string of the molecule is Cc1cccc(C(O)CCc2ccsc2)c1Cl. The van der Waals surface area contributed by atoms with Gasteiger partial charge in [-0.05, 0) is 53.3 Å². The number of aryl methyl sites for hydroxylation is 2. The first-order chi connectivity index (χ1) is 8.18. The second-order valence-corrected chi connectivity index (χ2v) is 5.32. The van der Waals surface area contributed by atoms with Crippen LogP contribution in [0.2, 0.25) is 5.02 Å². The summed E-state index contributed by atoms with van der Waals surface area (Å²) in [6.45, 7) is 1.96. The monoisotopic (exact) mass is 266 g/mol. The molecule has 90 valence electrons. The standard InChI is InChI=1S/C14H15ClOS/c1-10-3-2-4-12(14(10)15)13(16)6-5-11-7-8-17-9-11/h2-4,7-9,13,16H,5-6H2,1H3. The molecule has 1 aromatic carbocycles. The van der Waals surface area contributed by atoms with E-state index < -0.39 is 6.10 Å². The Morgan fingerprint density at radius 1 is 1.35 bits per heavy atom. The highest BCUT2D eigenvalue weighted by Gasteiger charge is 2.12. The fraction of sp³-hybridized carbons (Fsp3) is 0.286. The van der Waals surface area contributed by atoms with Gasteiger partial charge in [0, 0.05) is 5.02 Å². The van der Waals surface area contributed by atoms with Gasteiger partial charge in [-0.1, -0.05) is 29.8 Å². The smallest absolute Gasteiger partial charge is 0.0807 e. The van der Waals surface area contributed by atoms with Crippen molar-refractivity contribution in [3.05, 3.63) is 56.7 Å². The second-order valence-electron chi connectivity index (χ2n) is 4.16. The fourth-order valence-electron chi connectivity index (χ4n) is 1.82. The zero-order valence-corrected chi connectivity index (χ0v) is 11.3. The topological polar surface area (TPSA) is 20.2 Å². The van der Waals surface area contributed by atoms with Crippen LogP contribution in [0.15, 0.2) is 35.0 Å². The quantitative estimate of drug-likeness (QED) is 0.871. The predicted octanol–water partition coefficient (Wildman–Crippen LogP) is 4.38. The maximum atomic E-state index is 10.1. The van der Waals surface area contributed by atoms with E-state index in [4.69, 9.17) is 11.6 Å². The third-order valence-electron chi connectivity index (χ3n) is 2.87. The van der Waals surface area contributed by atoms with E-state index in [-0.39, 0.29) is 0 Å². The van der Waals surface area contributed by atoms with Gasteiger partial charge in [0.15, 0.2) is 0 Å². The summed E-state index contributed by atoms with van der Waals surface area (Å²) < 4.78 is 0. The van der Waals surface area contributed by atoms with Crippen LogP contribution in [0.4, 0.5) is 0 Å². The van der Waals surface area contributed by atoms with Crippen LogP contribution >= 0.6 is 22.9 Å². The van der Waals surface area contributed by atoms with E-state index in [1.54, 1.807) is 11.3 Å². The summed E-state index contributed by atoms with van der Waals surface area (Å²) in [5, 5.41) is 15.0. The predicted molar refractivity (Wildman–Crippen MR) is 73.8 cm³/mol. The molecule has 0 aliphatic heterocycles. The van der Waals surface area contributed by atoms with Gasteiger partial charge in [0.05, 0.1) is 6.10 Å². The van der Waals surface area contributed by atoms with E-state index in [0.717, 1.165) is 17.5 Å². The Hall–Kier alpha value is -0.830. The van der Waals surface area contributed by atoms with Crippen LogP contribution in [0.25, 0.3) is 0 Å². The van der Waals surface area contributed by atoms with Gasteiger partial charge in [0.25, 0.3) is 0 Å². The molecule has 0 saturated heterocycles. The first-order valence-electron chi connectivity index (χ1n) is 5.62. The average Bonchev–Trinajstić information content (AvgIpc) is 2.82. The van der Waals surface area contributed by atoms with Gasteiger partial charge in [-0.15, -0.1) is 0 Å². The molecule has 2 aromatic rings. The zero-order chi connectivity index (χ0) is 12.3. The Morgan fingerprint density at radius 2 is 2.18 bits per heavy atom. The lowest BCUT2D eigenvalue weighted by Gasteiger charge is -2.13. The molecular weight excluding hydrogens is 252 g/mol. The molecule has 0 saturated carbocycles. The lowest BCUT2D eigenvalue weighted by molar-refractivity contribution is 0.168. The molecule has 2 rings (SSSR count). The van der Waals surface area contributed by atoms with Crippen molar-refractivity contribution in [2.45, 2.75) is 25.9 Å². The maximum Gasteiger partial charge on any atom is 0.0807 e. The van der Waals surface area contributed by atoms with Gasteiger partial charge in [-0.25, -0.2) is 0 Å². The highest BCUT2D eigenvalue weighted by atomic mass is 35.5. The molecule has 3 heteroatoms. The molecule has 1 heterocycles. The molecule has 0 bridgehead atoms. The molecular formula is C14H15ClOS. The molecule has 1 unspecified atom stereocenters. The van der Waals surface area contributed by atoms with E-state index >= 15 is 0 Å². The van der Waals surface area contributed by atoms with Crippen LogP contribution in [0, 0.1) is 6.92 Å². The number of aliphatic hydroxyl groups is 1. The molecule has 1 N–H and O–H groups in total. The second kappa shape index (κ2) is 5.67. The van der Waals surface area contributed by atoms with Crippen molar-refractivity contribution in [1.29, 1.82) is 0 Å². The van der Waals surface area contributed by atoms with Crippen LogP contribution in [0.3, 0.4) is 0 Å². The first kappa shape index (κ1) is 12.6. The summed E-state index contributed by atoms with van der Waals surface area (Å²) in [6, 6.07) is 7.88. The van der Waals surface area contributed by atoms with Gasteiger partial charge in [-0.3, -0.25) is 0 Å². The molecule has 0 fully saturated rings. The number of aliphatic hydroxyl groups excluding tert-OH is 1. The van der Waals surface area contributed by atoms with Gasteiger partial charge < -0.3 is 5.11 Å². The minimum absolute atomic E-state index is 0.484. The van der Waals surface area contributed by atoms with Crippen molar-refractivity contribution < 1.29 is 5.11 Å². The molecule has 0 amide bonds. The molecule has 1 atom stereocenters. The molecule has 0 radical (unpaired) electrons. The van der Waals surface area contributed by atoms with Crippen molar-refractivity contribution in [2.24, 2.45) is 0 Å². The highest BCUT2D eigenvalue weighted by molar-refractivity contribution is 7.07. The summed E-state index contributed by atoms with van der Waals surface area (Å²) in [7, 11) is 0. The summed E-state index contributed by atoms with van der Waals surface area (Å²) >= 11 is 7.88. The van der Waals surface area contributed by atoms with Crippen molar-refractivity contribution in [2.75, 3.05) is 0 Å². The van der Waals surface area contributed by atoms with Gasteiger partial charge in [0.2, 0.25) is 0 Å². The number of halogens is 1. The highest BCUT2D eigenvalue weighted by Crippen LogP contribution is 2.28. The number of benzene rings is 1. The Labute approximate surface area is 111 Å². The summed E-state index contributed by atoms with van der Waals surface area (Å²) in [6.07, 6.45) is 1.11. The summed E-state index contributed by atoms with van der Waals surface area (Å²) in [5.74, 6) is 0. The van der Waals surface area contributed by atoms with Crippen molar-refractivity contribution in [1.82, 2.24) is 0 Å². The van der Waals surface area contributed by atoms with Crippen LogP contribution in [0.5, 0.6) is 0 Å². The minimum Gasteiger partial charge on any atom is -0.388 e. The van der Waals surface area contributed by atoms with Crippen molar-refractivity contribution >= 4 is 22.9 Å². The van der Waals surface area contributed by atoms with Gasteiger partial charge in [0.1, 0.15) is 0 Å². The number of hydrogen-bond donors (Lipinski definition) is 1. The third kappa shape index (κ3) is 3.09. The van der Waals surface area contributed by atoms with E-state index in [9.17, 15) is 5.11 Å². The average molecular weight is 267 g/mol. The molecule has 17 heavy (non-hydrogen) atoms. The van der Waals surface area contributed by atoms with E-state index in [2.05, 4.69) is 16.8 Å². The number of hydrogen-bond acceptors (Lipinski definition) is 2. The molecule has 0 spiro atoms. The van der Waals surface area contributed by atoms with E-state index in [1.807, 2.05) is 25.1 Å². The first-order valence-corrected chi connectivity index (χ1v) is 6.94. The summed E-state index contributed by atoms with van der Waals surface area (Å²) in [5.41, 5.74) is 3.12. The van der Waals surface area contributed by atoms with Crippen molar-refractivity contribution in [3.63, 3.8) is 0 Å². The normalized spacial score (nSPS) is 12.6. The zero-order valence-electron chi connectivity index (χ0n) is 9.69. The molecule has 1 nitrogen and oxygen atoms in total. The lowest BCUT2D eigenvalue weighted by Crippen LogP contribution is -2.01. The largest absolute Gasteiger partial charge is 0.388 e. The maximum absolute atomic E-state index is 10.1. The number of rotatable bonds is 4. The van der Waals surface area contributed by atoms with Gasteiger partial charge >= 0.3 is 0 Å².